The van der Waals surface area contributed by atoms with Crippen molar-refractivity contribution in [3.63, 3.8) is 0 Å². The van der Waals surface area contributed by atoms with Gasteiger partial charge in [0.2, 0.25) is 0 Å². The van der Waals surface area contributed by atoms with Gasteiger partial charge in [-0.2, -0.15) is 0 Å². The highest BCUT2D eigenvalue weighted by atomic mass is 16.1. The molecule has 0 bridgehead atoms. The lowest BCUT2D eigenvalue weighted by molar-refractivity contribution is 0.1000. The van der Waals surface area contributed by atoms with Crippen LogP contribution in [0.2, 0.25) is 0 Å². The maximum atomic E-state index is 11.6. The van der Waals surface area contributed by atoms with Crippen molar-refractivity contribution in [2.45, 2.75) is 38.1 Å². The molecule has 1 saturated carbocycles. The topological polar surface area (TPSA) is 111 Å². The number of nitrogens with zero attached hydrogens (tertiary/aromatic N) is 2. The average molecular weight is 289 g/mol. The Kier molecular flexibility index (Phi) is 3.49. The van der Waals surface area contributed by atoms with Gasteiger partial charge in [-0.3, -0.25) is 4.79 Å². The Morgan fingerprint density at radius 3 is 2.62 bits per heavy atom. The summed E-state index contributed by atoms with van der Waals surface area (Å²) >= 11 is 0. The fourth-order valence-corrected chi connectivity index (χ4v) is 3.85. The molecule has 1 aliphatic carbocycles. The first kappa shape index (κ1) is 14.1. The fraction of sp³-hybridized carbons (Fsp3) is 0.600. The average Bonchev–Trinajstić information content (AvgIpc) is 2.91. The first-order valence-electron chi connectivity index (χ1n) is 7.59. The van der Waals surface area contributed by atoms with Crippen LogP contribution >= 0.6 is 0 Å². The van der Waals surface area contributed by atoms with Gasteiger partial charge in [-0.1, -0.05) is 12.8 Å². The van der Waals surface area contributed by atoms with E-state index in [4.69, 9.17) is 17.2 Å². The smallest absolute Gasteiger partial charge is 0.252 e. The van der Waals surface area contributed by atoms with Crippen LogP contribution in [0.15, 0.2) is 12.1 Å². The van der Waals surface area contributed by atoms with E-state index >= 15 is 0 Å². The van der Waals surface area contributed by atoms with Crippen LogP contribution in [-0.2, 0) is 0 Å². The minimum atomic E-state index is -0.479. The van der Waals surface area contributed by atoms with E-state index in [-0.39, 0.29) is 11.5 Å². The van der Waals surface area contributed by atoms with Crippen molar-refractivity contribution in [1.82, 2.24) is 4.98 Å². The van der Waals surface area contributed by atoms with Crippen molar-refractivity contribution in [3.8, 4) is 0 Å². The van der Waals surface area contributed by atoms with Gasteiger partial charge in [-0.05, 0) is 36.8 Å². The summed E-state index contributed by atoms with van der Waals surface area (Å²) in [5.41, 5.74) is 18.4. The molecule has 0 aromatic carbocycles. The molecule has 1 aromatic rings. The highest BCUT2D eigenvalue weighted by molar-refractivity contribution is 5.98. The van der Waals surface area contributed by atoms with Crippen LogP contribution in [0.5, 0.6) is 0 Å². The zero-order valence-electron chi connectivity index (χ0n) is 12.2. The number of carbonyl (C=O) groups is 1. The Labute approximate surface area is 124 Å². The minimum Gasteiger partial charge on any atom is -0.384 e. The number of amides is 1. The molecular weight excluding hydrogens is 266 g/mol. The number of carbonyl (C=O) groups excluding carboxylic acids is 1. The zero-order valence-corrected chi connectivity index (χ0v) is 12.2. The summed E-state index contributed by atoms with van der Waals surface area (Å²) in [4.78, 5) is 18.0. The number of nitrogen functional groups attached to an aromatic ring is 1. The van der Waals surface area contributed by atoms with Crippen molar-refractivity contribution in [1.29, 1.82) is 0 Å². The summed E-state index contributed by atoms with van der Waals surface area (Å²) in [6.07, 6.45) is 6.03. The SMILES string of the molecule is NC(=O)c1ccc(N)nc1N1CCC2(CCCC2)[C@@H](N)C1. The van der Waals surface area contributed by atoms with E-state index in [1.165, 1.54) is 25.7 Å². The normalized spacial score (nSPS) is 24.4. The predicted molar refractivity (Wildman–Crippen MR) is 82.9 cm³/mol. The molecule has 1 aliphatic heterocycles. The first-order valence-corrected chi connectivity index (χ1v) is 7.59. The third-order valence-corrected chi connectivity index (χ3v) is 5.14. The van der Waals surface area contributed by atoms with Crippen molar-refractivity contribution >= 4 is 17.5 Å². The van der Waals surface area contributed by atoms with Gasteiger partial charge in [-0.25, -0.2) is 4.98 Å². The summed E-state index contributed by atoms with van der Waals surface area (Å²) < 4.78 is 0. The molecule has 1 saturated heterocycles. The maximum absolute atomic E-state index is 11.6. The molecule has 1 spiro atoms. The predicted octanol–water partition coefficient (Wildman–Crippen LogP) is 0.860. The quantitative estimate of drug-likeness (QED) is 0.747. The Hall–Kier alpha value is -1.82. The lowest BCUT2D eigenvalue weighted by atomic mass is 9.73. The number of anilines is 2. The van der Waals surface area contributed by atoms with Crippen molar-refractivity contribution < 1.29 is 4.79 Å². The molecule has 6 nitrogen and oxygen atoms in total. The second-order valence-electron chi connectivity index (χ2n) is 6.34. The van der Waals surface area contributed by atoms with Gasteiger partial charge in [0, 0.05) is 19.1 Å². The number of hydrogen-bond acceptors (Lipinski definition) is 5. The molecule has 1 atom stereocenters. The van der Waals surface area contributed by atoms with Gasteiger partial charge in [-0.15, -0.1) is 0 Å². The van der Waals surface area contributed by atoms with Crippen LogP contribution in [0.4, 0.5) is 11.6 Å². The summed E-state index contributed by atoms with van der Waals surface area (Å²) in [6, 6.07) is 3.36. The third-order valence-electron chi connectivity index (χ3n) is 5.14. The van der Waals surface area contributed by atoms with Crippen molar-refractivity contribution in [2.75, 3.05) is 23.7 Å². The van der Waals surface area contributed by atoms with Crippen molar-refractivity contribution in [3.05, 3.63) is 17.7 Å². The molecule has 1 amide bonds. The van der Waals surface area contributed by atoms with Gasteiger partial charge < -0.3 is 22.1 Å². The van der Waals surface area contributed by atoms with E-state index < -0.39 is 5.91 Å². The Balaban J connectivity index is 1.86. The highest BCUT2D eigenvalue weighted by Gasteiger charge is 2.43. The van der Waals surface area contributed by atoms with Gasteiger partial charge in [0.1, 0.15) is 11.6 Å². The number of pyridine rings is 1. The summed E-state index contributed by atoms with van der Waals surface area (Å²) in [5, 5.41) is 0. The minimum absolute atomic E-state index is 0.109. The van der Waals surface area contributed by atoms with Gasteiger partial charge in [0.25, 0.3) is 5.91 Å². The molecule has 114 valence electrons. The number of rotatable bonds is 2. The van der Waals surface area contributed by atoms with Crippen LogP contribution in [0, 0.1) is 5.41 Å². The summed E-state index contributed by atoms with van der Waals surface area (Å²) in [7, 11) is 0. The summed E-state index contributed by atoms with van der Waals surface area (Å²) in [5.74, 6) is 0.489. The number of nitrogens with two attached hydrogens (primary N) is 3. The van der Waals surface area contributed by atoms with Crippen molar-refractivity contribution in [2.24, 2.45) is 16.9 Å². The van der Waals surface area contributed by atoms with Gasteiger partial charge >= 0.3 is 0 Å². The molecular formula is C15H23N5O. The van der Waals surface area contributed by atoms with E-state index in [2.05, 4.69) is 9.88 Å². The lowest BCUT2D eigenvalue weighted by Crippen LogP contribution is -2.54. The Morgan fingerprint density at radius 2 is 2.00 bits per heavy atom. The molecule has 0 radical (unpaired) electrons. The molecule has 6 heteroatoms. The largest absolute Gasteiger partial charge is 0.384 e. The van der Waals surface area contributed by atoms with E-state index in [0.29, 0.717) is 23.7 Å². The molecule has 2 fully saturated rings. The van der Waals surface area contributed by atoms with Crippen LogP contribution in [0.25, 0.3) is 0 Å². The number of aromatic nitrogens is 1. The summed E-state index contributed by atoms with van der Waals surface area (Å²) in [6.45, 7) is 1.56. The second kappa shape index (κ2) is 5.18. The molecule has 1 aromatic heterocycles. The lowest BCUT2D eigenvalue weighted by Gasteiger charge is -2.45. The standard InChI is InChI=1S/C15H23N5O/c16-11-9-20(8-7-15(11)5-1-2-6-15)14-10(13(18)21)3-4-12(17)19-14/h3-4,11H,1-2,5-9,16H2,(H2,17,19)(H2,18,21)/t11-/m0/s1. The zero-order chi connectivity index (χ0) is 15.0. The van der Waals surface area contributed by atoms with Crippen LogP contribution in [0.3, 0.4) is 0 Å². The van der Waals surface area contributed by atoms with E-state index in [1.807, 2.05) is 0 Å². The maximum Gasteiger partial charge on any atom is 0.252 e. The van der Waals surface area contributed by atoms with E-state index in [9.17, 15) is 4.79 Å². The third kappa shape index (κ3) is 2.44. The second-order valence-corrected chi connectivity index (χ2v) is 6.34. The van der Waals surface area contributed by atoms with E-state index in [0.717, 1.165) is 13.0 Å². The van der Waals surface area contributed by atoms with Crippen LogP contribution in [-0.4, -0.2) is 30.0 Å². The number of piperidine rings is 1. The molecule has 6 N–H and O–H groups in total. The highest BCUT2D eigenvalue weighted by Crippen LogP contribution is 2.46. The molecule has 2 heterocycles. The Bertz CT molecular complexity index is 553. The van der Waals surface area contributed by atoms with Gasteiger partial charge in [0.15, 0.2) is 0 Å². The van der Waals surface area contributed by atoms with Crippen LogP contribution < -0.4 is 22.1 Å². The molecule has 2 aliphatic rings. The van der Waals surface area contributed by atoms with Gasteiger partial charge in [0.05, 0.1) is 5.56 Å². The molecule has 3 rings (SSSR count). The Morgan fingerprint density at radius 1 is 1.29 bits per heavy atom. The number of primary amides is 1. The van der Waals surface area contributed by atoms with E-state index in [1.54, 1.807) is 12.1 Å². The number of hydrogen-bond donors (Lipinski definition) is 3. The fourth-order valence-electron chi connectivity index (χ4n) is 3.85. The monoisotopic (exact) mass is 289 g/mol. The molecule has 21 heavy (non-hydrogen) atoms. The molecule has 0 unspecified atom stereocenters. The van der Waals surface area contributed by atoms with Crippen LogP contribution in [0.1, 0.15) is 42.5 Å². The first-order chi connectivity index (χ1) is 10.0.